The average molecular weight is 234 g/mol. The molecule has 1 aromatic rings. The Labute approximate surface area is 104 Å². The normalized spacial score (nSPS) is 15.9. The molecule has 0 bridgehead atoms. The Morgan fingerprint density at radius 2 is 2.18 bits per heavy atom. The van der Waals surface area contributed by atoms with Gasteiger partial charge in [-0.15, -0.1) is 0 Å². The van der Waals surface area contributed by atoms with Crippen molar-refractivity contribution < 1.29 is 4.74 Å². The molecule has 0 spiro atoms. The molecule has 0 amide bonds. The number of nitrogens with one attached hydrogen (secondary N) is 1. The number of nitrogens with zero attached hydrogens (tertiary/aromatic N) is 1. The van der Waals surface area contributed by atoms with E-state index in [1.165, 1.54) is 12.8 Å². The lowest BCUT2D eigenvalue weighted by molar-refractivity contribution is 0.294. The van der Waals surface area contributed by atoms with E-state index in [4.69, 9.17) is 4.74 Å². The highest BCUT2D eigenvalue weighted by Gasteiger charge is 2.22. The van der Waals surface area contributed by atoms with Crippen LogP contribution >= 0.6 is 0 Å². The molecule has 0 aliphatic heterocycles. The average Bonchev–Trinajstić information content (AvgIpc) is 3.07. The zero-order valence-electron chi connectivity index (χ0n) is 11.0. The van der Waals surface area contributed by atoms with Gasteiger partial charge >= 0.3 is 0 Å². The van der Waals surface area contributed by atoms with E-state index in [1.54, 1.807) is 6.20 Å². The molecule has 0 atom stereocenters. The van der Waals surface area contributed by atoms with Gasteiger partial charge in [-0.3, -0.25) is 4.98 Å². The molecule has 0 saturated heterocycles. The summed E-state index contributed by atoms with van der Waals surface area (Å²) in [5, 5.41) is 3.46. The van der Waals surface area contributed by atoms with Gasteiger partial charge in [0.2, 0.25) is 0 Å². The van der Waals surface area contributed by atoms with Crippen LogP contribution in [0.1, 0.15) is 39.2 Å². The van der Waals surface area contributed by atoms with Gasteiger partial charge in [-0.1, -0.05) is 0 Å². The van der Waals surface area contributed by atoms with Gasteiger partial charge in [0.05, 0.1) is 6.61 Å². The summed E-state index contributed by atoms with van der Waals surface area (Å²) in [6.45, 7) is 8.14. The van der Waals surface area contributed by atoms with E-state index in [-0.39, 0.29) is 5.54 Å². The Hall–Kier alpha value is -1.09. The summed E-state index contributed by atoms with van der Waals surface area (Å²) < 4.78 is 5.85. The van der Waals surface area contributed by atoms with Crippen molar-refractivity contribution in [3.8, 4) is 5.75 Å². The van der Waals surface area contributed by atoms with E-state index in [9.17, 15) is 0 Å². The summed E-state index contributed by atoms with van der Waals surface area (Å²) in [6, 6.07) is 1.96. The number of ether oxygens (including phenoxy) is 1. The fourth-order valence-corrected chi connectivity index (χ4v) is 1.54. The lowest BCUT2D eigenvalue weighted by atomic mass is 10.1. The molecule has 1 heterocycles. The van der Waals surface area contributed by atoms with Gasteiger partial charge < -0.3 is 10.1 Å². The van der Waals surface area contributed by atoms with Crippen LogP contribution in [0.2, 0.25) is 0 Å². The highest BCUT2D eigenvalue weighted by atomic mass is 16.5. The Bertz CT molecular complexity index is 367. The van der Waals surface area contributed by atoms with Crippen molar-refractivity contribution in [3.05, 3.63) is 24.0 Å². The molecule has 1 aromatic heterocycles. The number of hydrogen-bond acceptors (Lipinski definition) is 3. The summed E-state index contributed by atoms with van der Waals surface area (Å²) >= 11 is 0. The maximum atomic E-state index is 5.85. The van der Waals surface area contributed by atoms with Crippen molar-refractivity contribution in [1.82, 2.24) is 10.3 Å². The quantitative estimate of drug-likeness (QED) is 0.850. The lowest BCUT2D eigenvalue weighted by Crippen LogP contribution is -2.35. The Morgan fingerprint density at radius 1 is 1.41 bits per heavy atom. The fraction of sp³-hybridized carbons (Fsp3) is 0.643. The monoisotopic (exact) mass is 234 g/mol. The van der Waals surface area contributed by atoms with Crippen molar-refractivity contribution in [2.45, 2.75) is 45.7 Å². The summed E-state index contributed by atoms with van der Waals surface area (Å²) in [5.74, 6) is 1.76. The van der Waals surface area contributed by atoms with Gasteiger partial charge in [-0.2, -0.15) is 0 Å². The molecular weight excluding hydrogens is 212 g/mol. The minimum atomic E-state index is 0.115. The smallest absolute Gasteiger partial charge is 0.126 e. The van der Waals surface area contributed by atoms with E-state index >= 15 is 0 Å². The molecule has 0 unspecified atom stereocenters. The van der Waals surface area contributed by atoms with Crippen LogP contribution < -0.4 is 10.1 Å². The highest BCUT2D eigenvalue weighted by Crippen LogP contribution is 2.30. The summed E-state index contributed by atoms with van der Waals surface area (Å²) in [7, 11) is 0. The Balaban J connectivity index is 1.94. The second-order valence-electron chi connectivity index (χ2n) is 5.84. The van der Waals surface area contributed by atoms with Gasteiger partial charge in [0.15, 0.2) is 0 Å². The minimum Gasteiger partial charge on any atom is -0.493 e. The van der Waals surface area contributed by atoms with Crippen molar-refractivity contribution in [2.75, 3.05) is 6.61 Å². The summed E-state index contributed by atoms with van der Waals surface area (Å²) in [6.07, 6.45) is 6.32. The minimum absolute atomic E-state index is 0.115. The van der Waals surface area contributed by atoms with Crippen molar-refractivity contribution in [1.29, 1.82) is 0 Å². The van der Waals surface area contributed by atoms with Crippen LogP contribution in [0.4, 0.5) is 0 Å². The van der Waals surface area contributed by atoms with Gasteiger partial charge in [0.25, 0.3) is 0 Å². The maximum absolute atomic E-state index is 5.85. The van der Waals surface area contributed by atoms with E-state index in [0.29, 0.717) is 0 Å². The highest BCUT2D eigenvalue weighted by molar-refractivity contribution is 5.30. The molecule has 17 heavy (non-hydrogen) atoms. The molecule has 1 saturated carbocycles. The molecular formula is C14H22N2O. The van der Waals surface area contributed by atoms with Gasteiger partial charge in [0, 0.05) is 30.0 Å². The first-order valence-electron chi connectivity index (χ1n) is 6.35. The third-order valence-corrected chi connectivity index (χ3v) is 2.84. The zero-order valence-corrected chi connectivity index (χ0v) is 11.0. The molecule has 2 rings (SSSR count). The van der Waals surface area contributed by atoms with Gasteiger partial charge in [-0.05, 0) is 45.6 Å². The molecule has 0 aromatic carbocycles. The van der Waals surface area contributed by atoms with Crippen LogP contribution in [0, 0.1) is 5.92 Å². The van der Waals surface area contributed by atoms with Crippen molar-refractivity contribution >= 4 is 0 Å². The van der Waals surface area contributed by atoms with Gasteiger partial charge in [0.1, 0.15) is 5.75 Å². The third-order valence-electron chi connectivity index (χ3n) is 2.84. The van der Waals surface area contributed by atoms with Gasteiger partial charge in [-0.25, -0.2) is 0 Å². The van der Waals surface area contributed by atoms with Crippen LogP contribution in [0.15, 0.2) is 18.5 Å². The molecule has 3 nitrogen and oxygen atoms in total. The SMILES string of the molecule is CC(C)(C)NCc1cnccc1OCC1CC1. The predicted octanol–water partition coefficient (Wildman–Crippen LogP) is 2.76. The largest absolute Gasteiger partial charge is 0.493 e. The molecule has 94 valence electrons. The zero-order chi connectivity index (χ0) is 12.3. The van der Waals surface area contributed by atoms with Crippen molar-refractivity contribution in [2.24, 2.45) is 5.92 Å². The first-order valence-corrected chi connectivity index (χ1v) is 6.35. The summed E-state index contributed by atoms with van der Waals surface area (Å²) in [5.41, 5.74) is 1.26. The number of pyridine rings is 1. The lowest BCUT2D eigenvalue weighted by Gasteiger charge is -2.21. The Kier molecular flexibility index (Phi) is 3.67. The van der Waals surface area contributed by atoms with E-state index in [2.05, 4.69) is 31.1 Å². The molecule has 1 N–H and O–H groups in total. The predicted molar refractivity (Wildman–Crippen MR) is 69.0 cm³/mol. The molecule has 1 fully saturated rings. The molecule has 1 aliphatic rings. The number of rotatable bonds is 5. The first kappa shape index (κ1) is 12.4. The first-order chi connectivity index (χ1) is 8.04. The van der Waals surface area contributed by atoms with Crippen LogP contribution in [-0.2, 0) is 6.54 Å². The van der Waals surface area contributed by atoms with E-state index in [1.807, 2.05) is 12.3 Å². The van der Waals surface area contributed by atoms with Crippen LogP contribution in [0.25, 0.3) is 0 Å². The van der Waals surface area contributed by atoms with Crippen LogP contribution in [-0.4, -0.2) is 17.1 Å². The summed E-state index contributed by atoms with van der Waals surface area (Å²) in [4.78, 5) is 4.17. The van der Waals surface area contributed by atoms with Crippen molar-refractivity contribution in [3.63, 3.8) is 0 Å². The fourth-order valence-electron chi connectivity index (χ4n) is 1.54. The van der Waals surface area contributed by atoms with Crippen LogP contribution in [0.5, 0.6) is 5.75 Å². The number of hydrogen-bond donors (Lipinski definition) is 1. The van der Waals surface area contributed by atoms with E-state index < -0.39 is 0 Å². The molecule has 1 aliphatic carbocycles. The number of aromatic nitrogens is 1. The molecule has 3 heteroatoms. The molecule has 0 radical (unpaired) electrons. The van der Waals surface area contributed by atoms with E-state index in [0.717, 1.165) is 30.4 Å². The van der Waals surface area contributed by atoms with Crippen LogP contribution in [0.3, 0.4) is 0 Å². The maximum Gasteiger partial charge on any atom is 0.126 e. The topological polar surface area (TPSA) is 34.2 Å². The Morgan fingerprint density at radius 3 is 2.82 bits per heavy atom. The second-order valence-corrected chi connectivity index (χ2v) is 5.84. The standard InChI is InChI=1S/C14H22N2O/c1-14(2,3)16-9-12-8-15-7-6-13(12)17-10-11-4-5-11/h6-8,11,16H,4-5,9-10H2,1-3H3. The second kappa shape index (κ2) is 5.05. The third kappa shape index (κ3) is 4.35.